The summed E-state index contributed by atoms with van der Waals surface area (Å²) in [6, 6.07) is 9.20. The lowest BCUT2D eigenvalue weighted by Gasteiger charge is -2.22. The number of anilines is 1. The third-order valence-corrected chi connectivity index (χ3v) is 4.74. The van der Waals surface area contributed by atoms with E-state index in [1.807, 2.05) is 0 Å². The molecule has 1 heterocycles. The Labute approximate surface area is 163 Å². The zero-order valence-corrected chi connectivity index (χ0v) is 17.3. The van der Waals surface area contributed by atoms with Gasteiger partial charge >= 0.3 is 0 Å². The molecule has 1 aromatic rings. The lowest BCUT2D eigenvalue weighted by Crippen LogP contribution is -2.39. The average molecular weight is 442 g/mol. The first-order chi connectivity index (χ1) is 11.3. The van der Waals surface area contributed by atoms with Crippen molar-refractivity contribution < 1.29 is 0 Å². The average Bonchev–Trinajstić information content (AvgIpc) is 3.24. The monoisotopic (exact) mass is 442 g/mol. The van der Waals surface area contributed by atoms with E-state index in [1.54, 1.807) is 0 Å². The van der Waals surface area contributed by atoms with Gasteiger partial charge < -0.3 is 15.5 Å². The summed E-state index contributed by atoms with van der Waals surface area (Å²) in [6.45, 7) is 8.57. The highest BCUT2D eigenvalue weighted by molar-refractivity contribution is 14.0. The molecule has 2 fully saturated rings. The van der Waals surface area contributed by atoms with Gasteiger partial charge in [0.1, 0.15) is 0 Å². The highest BCUT2D eigenvalue weighted by Crippen LogP contribution is 2.29. The van der Waals surface area contributed by atoms with Crippen LogP contribution < -0.4 is 15.5 Å². The summed E-state index contributed by atoms with van der Waals surface area (Å²) in [5.41, 5.74) is 2.68. The van der Waals surface area contributed by atoms with Crippen molar-refractivity contribution in [1.29, 1.82) is 0 Å². The van der Waals surface area contributed by atoms with Gasteiger partial charge in [0, 0.05) is 31.9 Å². The van der Waals surface area contributed by atoms with Crippen LogP contribution in [0.3, 0.4) is 0 Å². The Morgan fingerprint density at radius 2 is 2.04 bits per heavy atom. The highest BCUT2D eigenvalue weighted by Gasteiger charge is 2.21. The molecule has 1 unspecified atom stereocenters. The van der Waals surface area contributed by atoms with Crippen LogP contribution in [-0.4, -0.2) is 32.1 Å². The number of hydrogen-bond acceptors (Lipinski definition) is 2. The van der Waals surface area contributed by atoms with Gasteiger partial charge in [0.05, 0.1) is 6.04 Å². The molecule has 1 atom stereocenters. The molecule has 1 saturated heterocycles. The fraction of sp³-hybridized carbons (Fsp3) is 0.632. The van der Waals surface area contributed by atoms with Crippen LogP contribution in [0.2, 0.25) is 0 Å². The molecular weight excluding hydrogens is 411 g/mol. The van der Waals surface area contributed by atoms with Crippen molar-refractivity contribution in [1.82, 2.24) is 10.6 Å². The molecular formula is C19H31IN4. The van der Waals surface area contributed by atoms with Gasteiger partial charge in [-0.25, -0.2) is 0 Å². The SMILES string of the molecule is CCNC(=NCC1CC1)NC(C)c1cccc(N2CCCC2)c1.I. The molecule has 4 nitrogen and oxygen atoms in total. The van der Waals surface area contributed by atoms with Crippen LogP contribution in [-0.2, 0) is 0 Å². The normalized spacial score (nSPS) is 18.9. The maximum Gasteiger partial charge on any atom is 0.191 e. The Morgan fingerprint density at radius 3 is 2.71 bits per heavy atom. The zero-order valence-electron chi connectivity index (χ0n) is 14.9. The molecule has 134 valence electrons. The number of halogens is 1. The summed E-state index contributed by atoms with van der Waals surface area (Å²) in [4.78, 5) is 7.21. The molecule has 0 spiro atoms. The Balaban J connectivity index is 0.00000208. The van der Waals surface area contributed by atoms with Crippen LogP contribution in [0, 0.1) is 5.92 Å². The minimum Gasteiger partial charge on any atom is -0.372 e. The van der Waals surface area contributed by atoms with E-state index in [0.29, 0.717) is 0 Å². The fourth-order valence-electron chi connectivity index (χ4n) is 3.10. The number of nitrogens with zero attached hydrogens (tertiary/aromatic N) is 2. The summed E-state index contributed by atoms with van der Waals surface area (Å²) in [5.74, 6) is 1.76. The Bertz CT molecular complexity index is 536. The van der Waals surface area contributed by atoms with Gasteiger partial charge in [-0.1, -0.05) is 12.1 Å². The minimum atomic E-state index is 0. The largest absolute Gasteiger partial charge is 0.372 e. The first-order valence-electron chi connectivity index (χ1n) is 9.16. The molecule has 24 heavy (non-hydrogen) atoms. The molecule has 5 heteroatoms. The van der Waals surface area contributed by atoms with E-state index < -0.39 is 0 Å². The molecule has 0 bridgehead atoms. The molecule has 1 aromatic carbocycles. The first-order valence-corrected chi connectivity index (χ1v) is 9.16. The van der Waals surface area contributed by atoms with E-state index >= 15 is 0 Å². The molecule has 3 rings (SSSR count). The van der Waals surface area contributed by atoms with E-state index in [-0.39, 0.29) is 30.0 Å². The smallest absolute Gasteiger partial charge is 0.191 e. The lowest BCUT2D eigenvalue weighted by molar-refractivity contribution is 0.682. The van der Waals surface area contributed by atoms with Gasteiger partial charge in [-0.2, -0.15) is 0 Å². The van der Waals surface area contributed by atoms with Crippen molar-refractivity contribution in [3.63, 3.8) is 0 Å². The molecule has 0 radical (unpaired) electrons. The van der Waals surface area contributed by atoms with Gasteiger partial charge in [-0.3, -0.25) is 4.99 Å². The molecule has 2 N–H and O–H groups in total. The van der Waals surface area contributed by atoms with Crippen molar-refractivity contribution in [3.8, 4) is 0 Å². The van der Waals surface area contributed by atoms with Crippen LogP contribution in [0.5, 0.6) is 0 Å². The van der Waals surface area contributed by atoms with Crippen molar-refractivity contribution in [3.05, 3.63) is 29.8 Å². The highest BCUT2D eigenvalue weighted by atomic mass is 127. The van der Waals surface area contributed by atoms with E-state index in [2.05, 4.69) is 53.6 Å². The number of guanidine groups is 1. The third kappa shape index (κ3) is 5.53. The maximum atomic E-state index is 4.72. The maximum absolute atomic E-state index is 4.72. The second kappa shape index (κ2) is 9.49. The van der Waals surface area contributed by atoms with Crippen molar-refractivity contribution in [2.24, 2.45) is 10.9 Å². The Hall–Kier alpha value is -0.980. The summed E-state index contributed by atoms with van der Waals surface area (Å²) in [5, 5.41) is 6.92. The van der Waals surface area contributed by atoms with Crippen molar-refractivity contribution in [2.45, 2.75) is 45.6 Å². The predicted molar refractivity (Wildman–Crippen MR) is 114 cm³/mol. The van der Waals surface area contributed by atoms with Crippen LogP contribution in [0.1, 0.15) is 51.1 Å². The third-order valence-electron chi connectivity index (χ3n) is 4.74. The predicted octanol–water partition coefficient (Wildman–Crippen LogP) is 3.93. The quantitative estimate of drug-likeness (QED) is 0.399. The number of aliphatic imine (C=N–C) groups is 1. The zero-order chi connectivity index (χ0) is 16.1. The van der Waals surface area contributed by atoms with Crippen molar-refractivity contribution in [2.75, 3.05) is 31.1 Å². The Morgan fingerprint density at radius 1 is 1.29 bits per heavy atom. The molecule has 1 saturated carbocycles. The van der Waals surface area contributed by atoms with E-state index in [4.69, 9.17) is 4.99 Å². The molecule has 0 aromatic heterocycles. The number of benzene rings is 1. The lowest BCUT2D eigenvalue weighted by atomic mass is 10.1. The molecule has 1 aliphatic heterocycles. The summed E-state index contributed by atoms with van der Waals surface area (Å²) < 4.78 is 0. The Kier molecular flexibility index (Phi) is 7.65. The second-order valence-corrected chi connectivity index (χ2v) is 6.82. The van der Waals surface area contributed by atoms with Gasteiger partial charge in [0.15, 0.2) is 5.96 Å². The van der Waals surface area contributed by atoms with Gasteiger partial charge in [-0.15, -0.1) is 24.0 Å². The summed E-state index contributed by atoms with van der Waals surface area (Å²) in [7, 11) is 0. The first kappa shape index (κ1) is 19.3. The number of hydrogen-bond donors (Lipinski definition) is 2. The summed E-state index contributed by atoms with van der Waals surface area (Å²) >= 11 is 0. The van der Waals surface area contributed by atoms with Gasteiger partial charge in [0.25, 0.3) is 0 Å². The number of nitrogens with one attached hydrogen (secondary N) is 2. The minimum absolute atomic E-state index is 0. The van der Waals surface area contributed by atoms with Crippen LogP contribution in [0.15, 0.2) is 29.3 Å². The van der Waals surface area contributed by atoms with E-state index in [9.17, 15) is 0 Å². The summed E-state index contributed by atoms with van der Waals surface area (Å²) in [6.07, 6.45) is 5.32. The fourth-order valence-corrected chi connectivity index (χ4v) is 3.10. The van der Waals surface area contributed by atoms with Crippen LogP contribution >= 0.6 is 24.0 Å². The number of rotatable bonds is 6. The van der Waals surface area contributed by atoms with Crippen molar-refractivity contribution >= 4 is 35.6 Å². The topological polar surface area (TPSA) is 39.7 Å². The van der Waals surface area contributed by atoms with E-state index in [1.165, 1.54) is 50.0 Å². The second-order valence-electron chi connectivity index (χ2n) is 6.82. The van der Waals surface area contributed by atoms with E-state index in [0.717, 1.165) is 25.0 Å². The molecule has 2 aliphatic rings. The van der Waals surface area contributed by atoms with Gasteiger partial charge in [-0.05, 0) is 63.1 Å². The molecule has 0 amide bonds. The standard InChI is InChI=1S/C19H30N4.HI/c1-3-20-19(21-14-16-9-10-16)22-15(2)17-7-6-8-18(13-17)23-11-4-5-12-23;/h6-8,13,15-16H,3-5,9-12,14H2,1-2H3,(H2,20,21,22);1H. The van der Waals surface area contributed by atoms with Crippen LogP contribution in [0.25, 0.3) is 0 Å². The van der Waals surface area contributed by atoms with Gasteiger partial charge in [0.2, 0.25) is 0 Å². The molecule has 1 aliphatic carbocycles. The van der Waals surface area contributed by atoms with Crippen LogP contribution in [0.4, 0.5) is 5.69 Å².